The minimum absolute atomic E-state index is 0.178. The molecule has 3 fully saturated rings. The highest BCUT2D eigenvalue weighted by molar-refractivity contribution is 6.37. The predicted octanol–water partition coefficient (Wildman–Crippen LogP) is 4.34. The maximum absolute atomic E-state index is 7.21. The van der Waals surface area contributed by atoms with Gasteiger partial charge >= 0.3 is 0 Å². The Balaban J connectivity index is 1.27. The third kappa shape index (κ3) is 4.01. The fourth-order valence-electron chi connectivity index (χ4n) is 6.69. The molecular formula is C29H33ClN8O. The van der Waals surface area contributed by atoms with Crippen molar-refractivity contribution in [3.8, 4) is 16.9 Å². The number of likely N-dealkylation sites (tertiary alicyclic amines) is 1. The maximum Gasteiger partial charge on any atom is 0.225 e. The summed E-state index contributed by atoms with van der Waals surface area (Å²) in [5, 5.41) is 17.2. The summed E-state index contributed by atoms with van der Waals surface area (Å²) >= 11 is 7.21. The van der Waals surface area contributed by atoms with Crippen LogP contribution in [0.2, 0.25) is 5.02 Å². The molecule has 1 atom stereocenters. The summed E-state index contributed by atoms with van der Waals surface area (Å²) in [6, 6.07) is 7.66. The van der Waals surface area contributed by atoms with E-state index >= 15 is 0 Å². The molecule has 3 aliphatic heterocycles. The van der Waals surface area contributed by atoms with Crippen molar-refractivity contribution < 1.29 is 4.74 Å². The molecule has 202 valence electrons. The van der Waals surface area contributed by atoms with Crippen LogP contribution in [0.4, 0.5) is 11.8 Å². The van der Waals surface area contributed by atoms with Crippen LogP contribution in [0.3, 0.4) is 0 Å². The molecule has 5 heterocycles. The fourth-order valence-corrected chi connectivity index (χ4v) is 6.99. The number of hydrogen-bond donors (Lipinski definition) is 3. The number of aromatic nitrogens is 4. The number of rotatable bonds is 4. The smallest absolute Gasteiger partial charge is 0.225 e. The number of halogens is 1. The second kappa shape index (κ2) is 9.21. The molecule has 4 aliphatic rings. The summed E-state index contributed by atoms with van der Waals surface area (Å²) in [5.41, 5.74) is 4.92. The zero-order valence-electron chi connectivity index (χ0n) is 22.1. The average molecular weight is 545 g/mol. The highest BCUT2D eigenvalue weighted by Crippen LogP contribution is 2.48. The van der Waals surface area contributed by atoms with Crippen molar-refractivity contribution >= 4 is 45.2 Å². The van der Waals surface area contributed by atoms with Crippen molar-refractivity contribution in [1.29, 1.82) is 0 Å². The number of aryl methyl sites for hydroxylation is 1. The first-order chi connectivity index (χ1) is 19.1. The Bertz CT molecular complexity index is 1580. The van der Waals surface area contributed by atoms with Gasteiger partial charge in [-0.25, -0.2) is 4.98 Å². The number of piperidine rings is 1. The van der Waals surface area contributed by atoms with Crippen molar-refractivity contribution in [2.45, 2.75) is 50.7 Å². The third-order valence-electron chi connectivity index (χ3n) is 8.93. The average Bonchev–Trinajstić information content (AvgIpc) is 3.72. The molecule has 1 saturated carbocycles. The lowest BCUT2D eigenvalue weighted by atomic mass is 9.95. The molecular weight excluding hydrogens is 512 g/mol. The molecule has 8 rings (SSSR count). The zero-order valence-corrected chi connectivity index (χ0v) is 22.9. The Labute approximate surface area is 232 Å². The molecule has 2 aromatic heterocycles. The highest BCUT2D eigenvalue weighted by atomic mass is 35.5. The molecule has 0 unspecified atom stereocenters. The highest BCUT2D eigenvalue weighted by Gasteiger charge is 2.34. The van der Waals surface area contributed by atoms with E-state index in [0.717, 1.165) is 95.9 Å². The largest absolute Gasteiger partial charge is 0.489 e. The number of hydrogen-bond acceptors (Lipinski definition) is 8. The first-order valence-electron chi connectivity index (χ1n) is 14.2. The van der Waals surface area contributed by atoms with Crippen molar-refractivity contribution in [3.05, 3.63) is 35.0 Å². The van der Waals surface area contributed by atoms with Crippen molar-refractivity contribution in [3.63, 3.8) is 0 Å². The first-order valence-corrected chi connectivity index (χ1v) is 14.6. The van der Waals surface area contributed by atoms with Crippen LogP contribution in [0.5, 0.6) is 5.75 Å². The van der Waals surface area contributed by atoms with Crippen molar-refractivity contribution in [2.24, 2.45) is 0 Å². The molecule has 39 heavy (non-hydrogen) atoms. The normalized spacial score (nSPS) is 22.1. The number of piperazine rings is 1. The first kappa shape index (κ1) is 23.7. The van der Waals surface area contributed by atoms with Gasteiger partial charge in [0, 0.05) is 55.8 Å². The summed E-state index contributed by atoms with van der Waals surface area (Å²) in [5.74, 6) is 2.29. The topological polar surface area (TPSA) is 94.2 Å². The van der Waals surface area contributed by atoms with Crippen LogP contribution in [0, 0.1) is 6.92 Å². The lowest BCUT2D eigenvalue weighted by molar-refractivity contribution is 0.210. The summed E-state index contributed by atoms with van der Waals surface area (Å²) < 4.78 is 6.50. The number of nitrogens with one attached hydrogen (secondary N) is 3. The Kier molecular flexibility index (Phi) is 5.60. The molecule has 10 heteroatoms. The Morgan fingerprint density at radius 2 is 1.95 bits per heavy atom. The van der Waals surface area contributed by atoms with Gasteiger partial charge in [0.15, 0.2) is 5.75 Å². The van der Waals surface area contributed by atoms with E-state index in [1.54, 1.807) is 0 Å². The van der Waals surface area contributed by atoms with Crippen LogP contribution in [0.15, 0.2) is 24.4 Å². The Hall–Kier alpha value is -3.14. The third-order valence-corrected chi connectivity index (χ3v) is 9.31. The molecule has 0 spiro atoms. The van der Waals surface area contributed by atoms with E-state index in [9.17, 15) is 0 Å². The molecule has 0 radical (unpaired) electrons. The van der Waals surface area contributed by atoms with Crippen LogP contribution in [-0.2, 0) is 0 Å². The lowest BCUT2D eigenvalue weighted by Gasteiger charge is -2.36. The van der Waals surface area contributed by atoms with Crippen molar-refractivity contribution in [1.82, 2.24) is 30.4 Å². The van der Waals surface area contributed by atoms with Gasteiger partial charge in [0.2, 0.25) is 5.95 Å². The van der Waals surface area contributed by atoms with E-state index in [1.807, 2.05) is 6.20 Å². The monoisotopic (exact) mass is 544 g/mol. The van der Waals surface area contributed by atoms with Crippen LogP contribution in [0.1, 0.15) is 31.2 Å². The molecule has 0 amide bonds. The van der Waals surface area contributed by atoms with Gasteiger partial charge < -0.3 is 25.2 Å². The number of ether oxygens (including phenoxy) is 1. The summed E-state index contributed by atoms with van der Waals surface area (Å²) in [7, 11) is 0. The van der Waals surface area contributed by atoms with Gasteiger partial charge in [0.1, 0.15) is 12.4 Å². The number of benzene rings is 2. The molecule has 2 saturated heterocycles. The molecule has 3 N–H and O–H groups in total. The molecule has 4 aromatic rings. The Morgan fingerprint density at radius 1 is 1.08 bits per heavy atom. The maximum atomic E-state index is 7.21. The quantitative estimate of drug-likeness (QED) is 0.349. The number of anilines is 2. The molecule has 9 nitrogen and oxygen atoms in total. The van der Waals surface area contributed by atoms with Crippen LogP contribution in [-0.4, -0.2) is 82.5 Å². The second-order valence-electron chi connectivity index (χ2n) is 11.5. The van der Waals surface area contributed by atoms with E-state index in [-0.39, 0.29) is 6.04 Å². The van der Waals surface area contributed by atoms with Crippen molar-refractivity contribution in [2.75, 3.05) is 49.5 Å². The van der Waals surface area contributed by atoms with Crippen LogP contribution < -0.4 is 20.3 Å². The van der Waals surface area contributed by atoms with E-state index < -0.39 is 0 Å². The van der Waals surface area contributed by atoms with Gasteiger partial charge in [-0.05, 0) is 55.9 Å². The number of nitrogens with zero attached hydrogens (tertiary/aromatic N) is 5. The van der Waals surface area contributed by atoms with E-state index in [4.69, 9.17) is 26.3 Å². The fraction of sp³-hybridized carbons (Fsp3) is 0.483. The summed E-state index contributed by atoms with van der Waals surface area (Å²) in [6.07, 6.45) is 6.83. The summed E-state index contributed by atoms with van der Waals surface area (Å²) in [6.45, 7) is 7.57. The van der Waals surface area contributed by atoms with Gasteiger partial charge in [-0.15, -0.1) is 0 Å². The van der Waals surface area contributed by atoms with Gasteiger partial charge in [-0.1, -0.05) is 17.7 Å². The van der Waals surface area contributed by atoms with Gasteiger partial charge in [0.05, 0.1) is 33.7 Å². The minimum Gasteiger partial charge on any atom is -0.489 e. The standard InChI is InChI=1S/C29H33ClN8O/c1-16-2-5-22-21(14-32-36-22)24(16)20-12-23-25-27(26(20)30)39-15-19-13-31-8-11-38(19)28(25)35-29(34-23)33-17-6-9-37(10-7-17)18-3-4-18/h2,5,12,14,17-19,31H,3-4,6-11,13,15H2,1H3,(H,32,36)(H,33,34,35)/t19-/m0/s1. The molecule has 0 bridgehead atoms. The Morgan fingerprint density at radius 3 is 2.79 bits per heavy atom. The van der Waals surface area contributed by atoms with Crippen LogP contribution in [0.25, 0.3) is 32.9 Å². The van der Waals surface area contributed by atoms with E-state index in [2.05, 4.69) is 55.8 Å². The van der Waals surface area contributed by atoms with Gasteiger partial charge in [-0.2, -0.15) is 10.1 Å². The van der Waals surface area contributed by atoms with Crippen LogP contribution >= 0.6 is 11.6 Å². The van der Waals surface area contributed by atoms with Gasteiger partial charge in [-0.3, -0.25) is 5.10 Å². The predicted molar refractivity (Wildman–Crippen MR) is 155 cm³/mol. The SMILES string of the molecule is Cc1ccc2[nH]ncc2c1-c1cc2nc(NC3CCN(C4CC4)CC3)nc3c2c(c1Cl)OC[C@@H]1CNCCN31. The second-order valence-corrected chi connectivity index (χ2v) is 11.8. The number of H-pyrrole nitrogens is 1. The summed E-state index contributed by atoms with van der Waals surface area (Å²) in [4.78, 5) is 15.3. The van der Waals surface area contributed by atoms with E-state index in [0.29, 0.717) is 29.4 Å². The molecule has 2 aromatic carbocycles. The van der Waals surface area contributed by atoms with Gasteiger partial charge in [0.25, 0.3) is 0 Å². The van der Waals surface area contributed by atoms with E-state index in [1.165, 1.54) is 12.8 Å². The lowest BCUT2D eigenvalue weighted by Crippen LogP contribution is -2.53. The number of fused-ring (bicyclic) bond motifs is 3. The minimum atomic E-state index is 0.178. The number of aromatic amines is 1. The zero-order chi connectivity index (χ0) is 26.1. The molecule has 1 aliphatic carbocycles.